The highest BCUT2D eigenvalue weighted by Crippen LogP contribution is 2.26. The molecule has 6 nitrogen and oxygen atoms in total. The number of ether oxygens (including phenoxy) is 2. The average molecular weight is 307 g/mol. The lowest BCUT2D eigenvalue weighted by Crippen LogP contribution is -2.22. The van der Waals surface area contributed by atoms with Gasteiger partial charge in [-0.25, -0.2) is 9.78 Å². The summed E-state index contributed by atoms with van der Waals surface area (Å²) in [5.41, 5.74) is 0.566. The zero-order chi connectivity index (χ0) is 14.8. The zero-order valence-electron chi connectivity index (χ0n) is 11.3. The zero-order valence-corrected chi connectivity index (χ0v) is 12.1. The van der Waals surface area contributed by atoms with Crippen LogP contribution in [-0.2, 0) is 25.7 Å². The van der Waals surface area contributed by atoms with E-state index in [1.54, 1.807) is 6.92 Å². The van der Waals surface area contributed by atoms with Gasteiger partial charge in [-0.05, 0) is 18.4 Å². The Morgan fingerprint density at radius 3 is 3.10 bits per heavy atom. The van der Waals surface area contributed by atoms with Crippen LogP contribution in [-0.4, -0.2) is 23.0 Å². The molecular formula is C14H13NO5S. The molecule has 110 valence electrons. The molecule has 0 aromatic carbocycles. The summed E-state index contributed by atoms with van der Waals surface area (Å²) in [6.45, 7) is 1.77. The molecule has 2 aromatic heterocycles. The second-order valence-electron chi connectivity index (χ2n) is 4.62. The molecule has 3 heterocycles. The van der Waals surface area contributed by atoms with Gasteiger partial charge in [0.05, 0.1) is 4.88 Å². The second kappa shape index (κ2) is 5.69. The Balaban J connectivity index is 1.63. The van der Waals surface area contributed by atoms with E-state index in [-0.39, 0.29) is 19.0 Å². The van der Waals surface area contributed by atoms with Crippen LogP contribution in [0.25, 0.3) is 10.8 Å². The molecule has 1 aliphatic heterocycles. The maximum absolute atomic E-state index is 11.8. The second-order valence-corrected chi connectivity index (χ2v) is 5.57. The van der Waals surface area contributed by atoms with Crippen molar-refractivity contribution in [1.29, 1.82) is 0 Å². The maximum atomic E-state index is 11.8. The SMILES string of the molecule is Cc1oc(-c2cccs2)nc1COC(=O)C1CCC(=O)O1. The summed E-state index contributed by atoms with van der Waals surface area (Å²) < 4.78 is 15.5. The van der Waals surface area contributed by atoms with Crippen LogP contribution < -0.4 is 0 Å². The van der Waals surface area contributed by atoms with E-state index in [4.69, 9.17) is 13.9 Å². The fourth-order valence-corrected chi connectivity index (χ4v) is 2.64. The predicted molar refractivity (Wildman–Crippen MR) is 73.5 cm³/mol. The number of aromatic nitrogens is 1. The topological polar surface area (TPSA) is 78.6 Å². The molecule has 1 saturated heterocycles. The van der Waals surface area contributed by atoms with E-state index in [0.717, 1.165) is 4.88 Å². The van der Waals surface area contributed by atoms with Gasteiger partial charge in [0.2, 0.25) is 5.89 Å². The molecule has 7 heteroatoms. The minimum Gasteiger partial charge on any atom is -0.456 e. The third-order valence-electron chi connectivity index (χ3n) is 3.12. The van der Waals surface area contributed by atoms with Gasteiger partial charge in [0.1, 0.15) is 18.1 Å². The summed E-state index contributed by atoms with van der Waals surface area (Å²) in [6, 6.07) is 3.82. The molecule has 1 aliphatic rings. The monoisotopic (exact) mass is 307 g/mol. The summed E-state index contributed by atoms with van der Waals surface area (Å²) in [5, 5.41) is 1.93. The molecule has 0 aliphatic carbocycles. The number of nitrogens with zero attached hydrogens (tertiary/aromatic N) is 1. The van der Waals surface area contributed by atoms with Crippen molar-refractivity contribution in [2.75, 3.05) is 0 Å². The Bertz CT molecular complexity index is 661. The lowest BCUT2D eigenvalue weighted by atomic mass is 10.2. The van der Waals surface area contributed by atoms with Crippen molar-refractivity contribution < 1.29 is 23.5 Å². The fraction of sp³-hybridized carbons (Fsp3) is 0.357. The summed E-state index contributed by atoms with van der Waals surface area (Å²) in [4.78, 5) is 28.0. The van der Waals surface area contributed by atoms with Gasteiger partial charge in [0, 0.05) is 12.8 Å². The van der Waals surface area contributed by atoms with Crippen LogP contribution in [0.2, 0.25) is 0 Å². The van der Waals surface area contributed by atoms with Gasteiger partial charge in [-0.2, -0.15) is 0 Å². The Labute approximate surface area is 124 Å². The predicted octanol–water partition coefficient (Wildman–Crippen LogP) is 2.46. The number of carbonyl (C=O) groups excluding carboxylic acids is 2. The number of cyclic esters (lactones) is 1. The van der Waals surface area contributed by atoms with Gasteiger partial charge in [-0.3, -0.25) is 4.79 Å². The molecule has 0 spiro atoms. The van der Waals surface area contributed by atoms with Crippen molar-refractivity contribution in [3.05, 3.63) is 29.0 Å². The Hall–Kier alpha value is -2.15. The van der Waals surface area contributed by atoms with E-state index < -0.39 is 12.1 Å². The normalized spacial score (nSPS) is 17.8. The van der Waals surface area contributed by atoms with Crippen molar-refractivity contribution >= 4 is 23.3 Å². The number of hydrogen-bond acceptors (Lipinski definition) is 7. The first-order valence-electron chi connectivity index (χ1n) is 6.50. The lowest BCUT2D eigenvalue weighted by molar-refractivity contribution is -0.162. The molecule has 0 amide bonds. The van der Waals surface area contributed by atoms with Crippen LogP contribution >= 0.6 is 11.3 Å². The summed E-state index contributed by atoms with van der Waals surface area (Å²) >= 11 is 1.52. The number of oxazole rings is 1. The summed E-state index contributed by atoms with van der Waals surface area (Å²) in [5.74, 6) is 0.214. The first-order valence-corrected chi connectivity index (χ1v) is 7.38. The van der Waals surface area contributed by atoms with Gasteiger partial charge in [-0.1, -0.05) is 6.07 Å². The molecule has 2 aromatic rings. The molecule has 0 bridgehead atoms. The van der Waals surface area contributed by atoms with Crippen molar-refractivity contribution in [3.8, 4) is 10.8 Å². The molecule has 3 rings (SSSR count). The molecule has 0 saturated carbocycles. The highest BCUT2D eigenvalue weighted by atomic mass is 32.1. The van der Waals surface area contributed by atoms with Gasteiger partial charge in [0.25, 0.3) is 0 Å². The summed E-state index contributed by atoms with van der Waals surface area (Å²) in [7, 11) is 0. The minimum absolute atomic E-state index is 0.00753. The largest absolute Gasteiger partial charge is 0.456 e. The lowest BCUT2D eigenvalue weighted by Gasteiger charge is -2.08. The number of carbonyl (C=O) groups is 2. The van der Waals surface area contributed by atoms with Gasteiger partial charge >= 0.3 is 11.9 Å². The van der Waals surface area contributed by atoms with Crippen LogP contribution in [0.5, 0.6) is 0 Å². The number of hydrogen-bond donors (Lipinski definition) is 0. The van der Waals surface area contributed by atoms with Crippen molar-refractivity contribution in [1.82, 2.24) is 4.98 Å². The maximum Gasteiger partial charge on any atom is 0.347 e. The van der Waals surface area contributed by atoms with Crippen molar-refractivity contribution in [2.45, 2.75) is 32.5 Å². The molecule has 0 radical (unpaired) electrons. The highest BCUT2D eigenvalue weighted by Gasteiger charge is 2.31. The van der Waals surface area contributed by atoms with E-state index in [0.29, 0.717) is 23.8 Å². The molecular weight excluding hydrogens is 294 g/mol. The van der Waals surface area contributed by atoms with E-state index in [2.05, 4.69) is 4.98 Å². The third kappa shape index (κ3) is 2.97. The van der Waals surface area contributed by atoms with Gasteiger partial charge in [-0.15, -0.1) is 11.3 Å². The smallest absolute Gasteiger partial charge is 0.347 e. The van der Waals surface area contributed by atoms with E-state index >= 15 is 0 Å². The van der Waals surface area contributed by atoms with E-state index in [9.17, 15) is 9.59 Å². The first kappa shape index (κ1) is 13.8. The van der Waals surface area contributed by atoms with E-state index in [1.165, 1.54) is 11.3 Å². The van der Waals surface area contributed by atoms with Crippen LogP contribution in [0, 0.1) is 6.92 Å². The standard InChI is InChI=1S/C14H13NO5S/c1-8-9(15-13(19-8)11-3-2-6-21-11)7-18-14(17)10-4-5-12(16)20-10/h2-3,6,10H,4-5,7H2,1H3. The minimum atomic E-state index is -0.790. The van der Waals surface area contributed by atoms with Gasteiger partial charge < -0.3 is 13.9 Å². The molecule has 21 heavy (non-hydrogen) atoms. The highest BCUT2D eigenvalue weighted by molar-refractivity contribution is 7.13. The van der Waals surface area contributed by atoms with E-state index in [1.807, 2.05) is 17.5 Å². The van der Waals surface area contributed by atoms with Crippen LogP contribution in [0.15, 0.2) is 21.9 Å². The average Bonchev–Trinajstić information content (AvgIpc) is 3.16. The molecule has 1 fully saturated rings. The first-order chi connectivity index (χ1) is 10.1. The molecule has 1 unspecified atom stereocenters. The fourth-order valence-electron chi connectivity index (χ4n) is 1.99. The number of thiophene rings is 1. The quantitative estimate of drug-likeness (QED) is 0.807. The van der Waals surface area contributed by atoms with Crippen molar-refractivity contribution in [3.63, 3.8) is 0 Å². The number of rotatable bonds is 4. The number of aryl methyl sites for hydroxylation is 1. The van der Waals surface area contributed by atoms with Gasteiger partial charge in [0.15, 0.2) is 6.10 Å². The van der Waals surface area contributed by atoms with Crippen LogP contribution in [0.1, 0.15) is 24.3 Å². The Morgan fingerprint density at radius 1 is 1.57 bits per heavy atom. The molecule has 1 atom stereocenters. The van der Waals surface area contributed by atoms with Crippen molar-refractivity contribution in [2.24, 2.45) is 0 Å². The third-order valence-corrected chi connectivity index (χ3v) is 3.98. The van der Waals surface area contributed by atoms with Crippen LogP contribution in [0.3, 0.4) is 0 Å². The molecule has 0 N–H and O–H groups in total. The Kier molecular flexibility index (Phi) is 3.74. The number of esters is 2. The Morgan fingerprint density at radius 2 is 2.43 bits per heavy atom. The van der Waals surface area contributed by atoms with Crippen LogP contribution in [0.4, 0.5) is 0 Å². The summed E-state index contributed by atoms with van der Waals surface area (Å²) in [6.07, 6.45) is -0.164.